The van der Waals surface area contributed by atoms with E-state index in [-0.39, 0.29) is 12.5 Å². The van der Waals surface area contributed by atoms with Gasteiger partial charge in [0.2, 0.25) is 15.9 Å². The highest BCUT2D eigenvalue weighted by Crippen LogP contribution is 2.29. The van der Waals surface area contributed by atoms with E-state index in [0.717, 1.165) is 17.0 Å². The van der Waals surface area contributed by atoms with Crippen LogP contribution < -0.4 is 14.4 Å². The number of hydrogen-bond acceptors (Lipinski definition) is 4. The van der Waals surface area contributed by atoms with Gasteiger partial charge in [-0.1, -0.05) is 19.1 Å². The molecule has 1 N–H and O–H groups in total. The van der Waals surface area contributed by atoms with Crippen molar-refractivity contribution in [1.82, 2.24) is 5.32 Å². The SMILES string of the molecule is CCCNC(=O)CN(c1ccccc1OCC)S(C)(=O)=O. The lowest BCUT2D eigenvalue weighted by atomic mass is 10.3. The number of para-hydroxylation sites is 2. The van der Waals surface area contributed by atoms with Crippen LogP contribution in [0.1, 0.15) is 20.3 Å². The molecule has 1 rings (SSSR count). The predicted molar refractivity (Wildman–Crippen MR) is 83.1 cm³/mol. The first-order chi connectivity index (χ1) is 9.90. The maximum absolute atomic E-state index is 12.0. The molecule has 0 aliphatic rings. The molecule has 0 unspecified atom stereocenters. The van der Waals surface area contributed by atoms with Crippen molar-refractivity contribution < 1.29 is 17.9 Å². The second-order valence-electron chi connectivity index (χ2n) is 4.52. The van der Waals surface area contributed by atoms with Crippen LogP contribution in [-0.2, 0) is 14.8 Å². The van der Waals surface area contributed by atoms with Crippen LogP contribution in [0.5, 0.6) is 5.75 Å². The number of hydrogen-bond donors (Lipinski definition) is 1. The standard InChI is InChI=1S/C14H22N2O4S/c1-4-10-15-14(17)11-16(21(3,18)19)12-8-6-7-9-13(12)20-5-2/h6-9H,4-5,10-11H2,1-3H3,(H,15,17). The Balaban J connectivity index is 3.07. The zero-order chi connectivity index (χ0) is 15.9. The maximum atomic E-state index is 12.0. The molecule has 0 aromatic heterocycles. The zero-order valence-corrected chi connectivity index (χ0v) is 13.4. The Morgan fingerprint density at radius 1 is 1.29 bits per heavy atom. The second kappa shape index (κ2) is 7.87. The molecular weight excluding hydrogens is 292 g/mol. The highest BCUT2D eigenvalue weighted by molar-refractivity contribution is 7.92. The van der Waals surface area contributed by atoms with Crippen LogP contribution in [0.4, 0.5) is 5.69 Å². The Bertz CT molecular complexity index is 572. The first-order valence-corrected chi connectivity index (χ1v) is 8.71. The molecule has 0 aliphatic carbocycles. The van der Waals surface area contributed by atoms with Gasteiger partial charge in [0.1, 0.15) is 12.3 Å². The van der Waals surface area contributed by atoms with Crippen LogP contribution in [0.2, 0.25) is 0 Å². The zero-order valence-electron chi connectivity index (χ0n) is 12.6. The van der Waals surface area contributed by atoms with Crippen molar-refractivity contribution in [3.8, 4) is 5.75 Å². The lowest BCUT2D eigenvalue weighted by Crippen LogP contribution is -2.40. The van der Waals surface area contributed by atoms with E-state index in [1.165, 1.54) is 0 Å². The fourth-order valence-corrected chi connectivity index (χ4v) is 2.63. The van der Waals surface area contributed by atoms with Crippen molar-refractivity contribution in [2.24, 2.45) is 0 Å². The molecule has 21 heavy (non-hydrogen) atoms. The van der Waals surface area contributed by atoms with Crippen molar-refractivity contribution in [2.75, 3.05) is 30.3 Å². The minimum absolute atomic E-state index is 0.261. The summed E-state index contributed by atoms with van der Waals surface area (Å²) in [4.78, 5) is 11.8. The molecule has 0 saturated heterocycles. The maximum Gasteiger partial charge on any atom is 0.240 e. The summed E-state index contributed by atoms with van der Waals surface area (Å²) in [6.45, 7) is 4.41. The van der Waals surface area contributed by atoms with E-state index >= 15 is 0 Å². The third-order valence-corrected chi connectivity index (χ3v) is 3.82. The van der Waals surface area contributed by atoms with E-state index < -0.39 is 10.0 Å². The fraction of sp³-hybridized carbons (Fsp3) is 0.500. The molecule has 1 aromatic rings. The van der Waals surface area contributed by atoms with Gasteiger partial charge in [0, 0.05) is 6.54 Å². The van der Waals surface area contributed by atoms with E-state index in [1.807, 2.05) is 13.8 Å². The first kappa shape index (κ1) is 17.3. The van der Waals surface area contributed by atoms with Crippen molar-refractivity contribution in [3.63, 3.8) is 0 Å². The lowest BCUT2D eigenvalue weighted by molar-refractivity contribution is -0.119. The first-order valence-electron chi connectivity index (χ1n) is 6.86. The molecule has 1 amide bonds. The molecule has 0 spiro atoms. The number of carbonyl (C=O) groups is 1. The average molecular weight is 314 g/mol. The van der Waals surface area contributed by atoms with Gasteiger partial charge in [0.05, 0.1) is 18.6 Å². The van der Waals surface area contributed by atoms with Crippen molar-refractivity contribution in [3.05, 3.63) is 24.3 Å². The van der Waals surface area contributed by atoms with Gasteiger partial charge in [0.25, 0.3) is 0 Å². The molecule has 0 aliphatic heterocycles. The van der Waals surface area contributed by atoms with Crippen LogP contribution in [-0.4, -0.2) is 40.3 Å². The molecule has 0 fully saturated rings. The average Bonchev–Trinajstić information content (AvgIpc) is 2.42. The van der Waals surface area contributed by atoms with Gasteiger partial charge in [0.15, 0.2) is 0 Å². The summed E-state index contributed by atoms with van der Waals surface area (Å²) < 4.78 is 30.5. The minimum Gasteiger partial charge on any atom is -0.492 e. The van der Waals surface area contributed by atoms with Crippen LogP contribution in [0, 0.1) is 0 Å². The van der Waals surface area contributed by atoms with Gasteiger partial charge < -0.3 is 10.1 Å². The topological polar surface area (TPSA) is 75.7 Å². The van der Waals surface area contributed by atoms with E-state index in [2.05, 4.69) is 5.32 Å². The smallest absolute Gasteiger partial charge is 0.240 e. The number of ether oxygens (including phenoxy) is 1. The molecular formula is C14H22N2O4S. The van der Waals surface area contributed by atoms with Crippen molar-refractivity contribution in [2.45, 2.75) is 20.3 Å². The third kappa shape index (κ3) is 5.26. The number of rotatable bonds is 8. The largest absolute Gasteiger partial charge is 0.492 e. The molecule has 6 nitrogen and oxygen atoms in total. The van der Waals surface area contributed by atoms with E-state index in [9.17, 15) is 13.2 Å². The Kier molecular flexibility index (Phi) is 6.48. The highest BCUT2D eigenvalue weighted by Gasteiger charge is 2.23. The molecule has 0 bridgehead atoms. The molecule has 1 aromatic carbocycles. The van der Waals surface area contributed by atoms with Gasteiger partial charge in [-0.15, -0.1) is 0 Å². The molecule has 0 atom stereocenters. The number of nitrogens with one attached hydrogen (secondary N) is 1. The monoisotopic (exact) mass is 314 g/mol. The van der Waals surface area contributed by atoms with Crippen LogP contribution >= 0.6 is 0 Å². The predicted octanol–water partition coefficient (Wildman–Crippen LogP) is 1.38. The molecule has 0 saturated carbocycles. The number of carbonyl (C=O) groups excluding carboxylic acids is 1. The minimum atomic E-state index is -3.59. The second-order valence-corrected chi connectivity index (χ2v) is 6.43. The molecule has 118 valence electrons. The molecule has 7 heteroatoms. The summed E-state index contributed by atoms with van der Waals surface area (Å²) in [5.74, 6) is 0.0993. The fourth-order valence-electron chi connectivity index (χ4n) is 1.77. The molecule has 0 radical (unpaired) electrons. The van der Waals surface area contributed by atoms with E-state index in [0.29, 0.717) is 24.6 Å². The van der Waals surface area contributed by atoms with Crippen molar-refractivity contribution >= 4 is 21.6 Å². The number of benzene rings is 1. The van der Waals surface area contributed by atoms with Gasteiger partial charge in [-0.2, -0.15) is 0 Å². The van der Waals surface area contributed by atoms with Gasteiger partial charge in [-0.25, -0.2) is 8.42 Å². The summed E-state index contributed by atoms with van der Waals surface area (Å²) in [5, 5.41) is 2.67. The number of sulfonamides is 1. The van der Waals surface area contributed by atoms with Crippen LogP contribution in [0.25, 0.3) is 0 Å². The summed E-state index contributed by atoms with van der Waals surface area (Å²) >= 11 is 0. The van der Waals surface area contributed by atoms with Gasteiger partial charge >= 0.3 is 0 Å². The van der Waals surface area contributed by atoms with Crippen molar-refractivity contribution in [1.29, 1.82) is 0 Å². The Hall–Kier alpha value is -1.76. The van der Waals surface area contributed by atoms with Gasteiger partial charge in [-0.05, 0) is 25.5 Å². The summed E-state index contributed by atoms with van der Waals surface area (Å²) in [7, 11) is -3.59. The summed E-state index contributed by atoms with van der Waals surface area (Å²) in [6.07, 6.45) is 1.86. The van der Waals surface area contributed by atoms with Crippen LogP contribution in [0.15, 0.2) is 24.3 Å². The Morgan fingerprint density at radius 2 is 1.95 bits per heavy atom. The normalized spacial score (nSPS) is 11.0. The lowest BCUT2D eigenvalue weighted by Gasteiger charge is -2.24. The number of anilines is 1. The van der Waals surface area contributed by atoms with Gasteiger partial charge in [-0.3, -0.25) is 9.10 Å². The summed E-state index contributed by atoms with van der Waals surface area (Å²) in [5.41, 5.74) is 0.369. The number of amides is 1. The van der Waals surface area contributed by atoms with E-state index in [1.54, 1.807) is 24.3 Å². The van der Waals surface area contributed by atoms with E-state index in [4.69, 9.17) is 4.74 Å². The highest BCUT2D eigenvalue weighted by atomic mass is 32.2. The Morgan fingerprint density at radius 3 is 2.52 bits per heavy atom. The quantitative estimate of drug-likeness (QED) is 0.786. The Labute approximate surface area is 126 Å². The number of nitrogens with zero attached hydrogens (tertiary/aromatic N) is 1. The molecule has 0 heterocycles. The summed E-state index contributed by atoms with van der Waals surface area (Å²) in [6, 6.07) is 6.77. The van der Waals surface area contributed by atoms with Crippen LogP contribution in [0.3, 0.4) is 0 Å². The third-order valence-electron chi connectivity index (χ3n) is 2.69.